The summed E-state index contributed by atoms with van der Waals surface area (Å²) in [5.74, 6) is -1.13. The molecule has 0 saturated carbocycles. The molecule has 3 aromatic heterocycles. The van der Waals surface area contributed by atoms with Crippen molar-refractivity contribution in [2.24, 2.45) is 4.99 Å². The molecule has 186 valence electrons. The quantitative estimate of drug-likeness (QED) is 0.299. The van der Waals surface area contributed by atoms with Gasteiger partial charge in [0.25, 0.3) is 11.5 Å². The summed E-state index contributed by atoms with van der Waals surface area (Å²) < 4.78 is 8.47. The minimum Gasteiger partial charge on any atom is -0.462 e. The standard InChI is InChI=1S/C28H30N4O4/c1-6-8-13-31-24-21(27(34)32-14-9-10-18(4)23(32)29-24)16-22(28(35)36-7-2)25(31)30-26(33)20-12-11-17(3)19(5)15-20/h9-12,14-16H,6-8,13H2,1-5H3. The molecule has 1 amide bonds. The van der Waals surface area contributed by atoms with Crippen molar-refractivity contribution in [2.45, 2.75) is 54.0 Å². The predicted octanol–water partition coefficient (Wildman–Crippen LogP) is 4.29. The second-order valence-electron chi connectivity index (χ2n) is 8.86. The van der Waals surface area contributed by atoms with Crippen molar-refractivity contribution in [3.63, 3.8) is 0 Å². The van der Waals surface area contributed by atoms with Crippen molar-refractivity contribution in [2.75, 3.05) is 6.61 Å². The van der Waals surface area contributed by atoms with Gasteiger partial charge in [0.15, 0.2) is 5.49 Å². The van der Waals surface area contributed by atoms with Gasteiger partial charge in [-0.2, -0.15) is 4.99 Å². The molecule has 0 N–H and O–H groups in total. The molecule has 36 heavy (non-hydrogen) atoms. The normalized spacial score (nSPS) is 11.9. The molecule has 8 nitrogen and oxygen atoms in total. The van der Waals surface area contributed by atoms with Gasteiger partial charge in [-0.25, -0.2) is 9.78 Å². The maximum Gasteiger partial charge on any atom is 0.341 e. The van der Waals surface area contributed by atoms with Gasteiger partial charge in [0.1, 0.15) is 16.9 Å². The third-order valence-electron chi connectivity index (χ3n) is 6.30. The van der Waals surface area contributed by atoms with Gasteiger partial charge in [0.2, 0.25) is 0 Å². The number of rotatable bonds is 6. The van der Waals surface area contributed by atoms with E-state index >= 15 is 0 Å². The van der Waals surface area contributed by atoms with Gasteiger partial charge in [0, 0.05) is 18.3 Å². The summed E-state index contributed by atoms with van der Waals surface area (Å²) in [6, 6.07) is 10.5. The van der Waals surface area contributed by atoms with Crippen molar-refractivity contribution in [1.29, 1.82) is 0 Å². The van der Waals surface area contributed by atoms with Crippen LogP contribution in [0, 0.1) is 20.8 Å². The molecular formula is C28H30N4O4. The summed E-state index contributed by atoms with van der Waals surface area (Å²) >= 11 is 0. The van der Waals surface area contributed by atoms with Gasteiger partial charge in [-0.05, 0) is 75.1 Å². The summed E-state index contributed by atoms with van der Waals surface area (Å²) in [6.07, 6.45) is 3.24. The highest BCUT2D eigenvalue weighted by Crippen LogP contribution is 2.15. The molecule has 0 aliphatic heterocycles. The number of hydrogen-bond acceptors (Lipinski definition) is 5. The molecule has 0 saturated heterocycles. The van der Waals surface area contributed by atoms with Gasteiger partial charge in [-0.1, -0.05) is 25.5 Å². The summed E-state index contributed by atoms with van der Waals surface area (Å²) in [7, 11) is 0. The van der Waals surface area contributed by atoms with Crippen molar-refractivity contribution < 1.29 is 14.3 Å². The van der Waals surface area contributed by atoms with Crippen LogP contribution in [0.2, 0.25) is 0 Å². The minimum absolute atomic E-state index is 0.0594. The molecule has 0 radical (unpaired) electrons. The maximum atomic E-state index is 13.5. The molecule has 1 aromatic carbocycles. The van der Waals surface area contributed by atoms with Crippen LogP contribution < -0.4 is 11.0 Å². The lowest BCUT2D eigenvalue weighted by atomic mass is 10.1. The number of amides is 1. The fourth-order valence-corrected chi connectivity index (χ4v) is 4.13. The van der Waals surface area contributed by atoms with Crippen molar-refractivity contribution in [3.8, 4) is 0 Å². The fraction of sp³-hybridized carbons (Fsp3) is 0.321. The SMILES string of the molecule is CCCCn1c(=NC(=O)c2ccc(C)c(C)c2)c(C(=O)OCC)cc2c(=O)n3cccc(C)c3nc21. The number of unbranched alkanes of at least 4 members (excludes halogenated alkanes) is 1. The van der Waals surface area contributed by atoms with Crippen molar-refractivity contribution >= 4 is 28.6 Å². The summed E-state index contributed by atoms with van der Waals surface area (Å²) in [6.45, 7) is 10.1. The Hall–Kier alpha value is -4.07. The highest BCUT2D eigenvalue weighted by molar-refractivity contribution is 5.97. The smallest absolute Gasteiger partial charge is 0.341 e. The zero-order valence-electron chi connectivity index (χ0n) is 21.3. The molecule has 4 aromatic rings. The second kappa shape index (κ2) is 10.3. The average Bonchev–Trinajstić information content (AvgIpc) is 2.85. The largest absolute Gasteiger partial charge is 0.462 e. The first-order valence-electron chi connectivity index (χ1n) is 12.2. The summed E-state index contributed by atoms with van der Waals surface area (Å²) in [4.78, 5) is 49.0. The monoisotopic (exact) mass is 486 g/mol. The Morgan fingerprint density at radius 3 is 2.47 bits per heavy atom. The number of nitrogens with zero attached hydrogens (tertiary/aromatic N) is 4. The Balaban J connectivity index is 2.13. The van der Waals surface area contributed by atoms with E-state index in [-0.39, 0.29) is 28.6 Å². The van der Waals surface area contributed by atoms with Crippen LogP contribution >= 0.6 is 0 Å². The van der Waals surface area contributed by atoms with Gasteiger partial charge >= 0.3 is 5.97 Å². The van der Waals surface area contributed by atoms with Gasteiger partial charge in [0.05, 0.1) is 12.0 Å². The molecule has 3 heterocycles. The predicted molar refractivity (Wildman–Crippen MR) is 138 cm³/mol. The van der Waals surface area contributed by atoms with Gasteiger partial charge in [-0.3, -0.25) is 14.0 Å². The number of carbonyl (C=O) groups excluding carboxylic acids is 2. The van der Waals surface area contributed by atoms with Crippen LogP contribution in [-0.2, 0) is 11.3 Å². The van der Waals surface area contributed by atoms with E-state index in [9.17, 15) is 14.4 Å². The number of fused-ring (bicyclic) bond motifs is 2. The lowest BCUT2D eigenvalue weighted by Crippen LogP contribution is -2.33. The lowest BCUT2D eigenvalue weighted by molar-refractivity contribution is 0.0523. The number of aromatic nitrogens is 3. The van der Waals surface area contributed by atoms with Crippen LogP contribution in [0.1, 0.15) is 64.1 Å². The van der Waals surface area contributed by atoms with Crippen LogP contribution in [-0.4, -0.2) is 32.4 Å². The highest BCUT2D eigenvalue weighted by Gasteiger charge is 2.20. The number of aryl methyl sites for hydroxylation is 4. The molecule has 0 fully saturated rings. The number of carbonyl (C=O) groups is 2. The Morgan fingerprint density at radius 1 is 1.00 bits per heavy atom. The first kappa shape index (κ1) is 25.0. The molecule has 0 atom stereocenters. The van der Waals surface area contributed by atoms with Crippen LogP contribution in [0.15, 0.2) is 52.4 Å². The molecule has 4 rings (SSSR count). The minimum atomic E-state index is -0.648. The van der Waals surface area contributed by atoms with E-state index in [0.29, 0.717) is 23.4 Å². The number of pyridine rings is 2. The molecular weight excluding hydrogens is 456 g/mol. The van der Waals surface area contributed by atoms with E-state index < -0.39 is 11.9 Å². The number of hydrogen-bond donors (Lipinski definition) is 0. The maximum absolute atomic E-state index is 13.5. The lowest BCUT2D eigenvalue weighted by Gasteiger charge is -2.15. The molecule has 0 aliphatic carbocycles. The van der Waals surface area contributed by atoms with E-state index in [1.165, 1.54) is 10.5 Å². The highest BCUT2D eigenvalue weighted by atomic mass is 16.5. The Kier molecular flexibility index (Phi) is 7.15. The van der Waals surface area contributed by atoms with Crippen LogP contribution in [0.25, 0.3) is 16.7 Å². The van der Waals surface area contributed by atoms with Gasteiger partial charge < -0.3 is 9.30 Å². The molecule has 0 bridgehead atoms. The number of esters is 1. The summed E-state index contributed by atoms with van der Waals surface area (Å²) in [5, 5.41) is 0.259. The Morgan fingerprint density at radius 2 is 1.78 bits per heavy atom. The number of benzene rings is 1. The van der Waals surface area contributed by atoms with Gasteiger partial charge in [-0.15, -0.1) is 0 Å². The zero-order valence-corrected chi connectivity index (χ0v) is 21.3. The third-order valence-corrected chi connectivity index (χ3v) is 6.30. The van der Waals surface area contributed by atoms with Crippen LogP contribution in [0.5, 0.6) is 0 Å². The number of ether oxygens (including phenoxy) is 1. The summed E-state index contributed by atoms with van der Waals surface area (Å²) in [5.41, 5.74) is 4.06. The fourth-order valence-electron chi connectivity index (χ4n) is 4.13. The van der Waals surface area contributed by atoms with E-state index in [1.807, 2.05) is 39.8 Å². The first-order valence-corrected chi connectivity index (χ1v) is 12.2. The van der Waals surface area contributed by atoms with E-state index in [2.05, 4.69) is 4.99 Å². The zero-order chi connectivity index (χ0) is 26.0. The van der Waals surface area contributed by atoms with E-state index in [1.54, 1.807) is 35.9 Å². The Labute approximate surface area is 208 Å². The Bertz CT molecular complexity index is 1630. The van der Waals surface area contributed by atoms with Crippen molar-refractivity contribution in [1.82, 2.24) is 14.0 Å². The molecule has 0 spiro atoms. The first-order chi connectivity index (χ1) is 17.3. The second-order valence-corrected chi connectivity index (χ2v) is 8.86. The van der Waals surface area contributed by atoms with E-state index in [4.69, 9.17) is 9.72 Å². The third kappa shape index (κ3) is 4.58. The van der Waals surface area contributed by atoms with E-state index in [0.717, 1.165) is 29.5 Å². The molecule has 0 aliphatic rings. The van der Waals surface area contributed by atoms with Crippen molar-refractivity contribution in [3.05, 3.63) is 86.3 Å². The van der Waals surface area contributed by atoms with Crippen LogP contribution in [0.3, 0.4) is 0 Å². The molecule has 8 heteroatoms. The average molecular weight is 487 g/mol. The molecule has 0 unspecified atom stereocenters. The topological polar surface area (TPSA) is 95.0 Å². The van der Waals surface area contributed by atoms with Crippen LogP contribution in [0.4, 0.5) is 0 Å².